The molecule has 1 saturated heterocycles. The minimum atomic E-state index is 0.422. The van der Waals surface area contributed by atoms with E-state index in [9.17, 15) is 0 Å². The Morgan fingerprint density at radius 2 is 2.22 bits per heavy atom. The van der Waals surface area contributed by atoms with Crippen molar-refractivity contribution in [2.75, 3.05) is 13.2 Å². The Kier molecular flexibility index (Phi) is 0.896. The third kappa shape index (κ3) is 0.601. The van der Waals surface area contributed by atoms with Crippen LogP contribution in [0.1, 0.15) is 13.3 Å². The van der Waals surface area contributed by atoms with Gasteiger partial charge in [0.1, 0.15) is 0 Å². The number of ether oxygens (including phenoxy) is 1. The lowest BCUT2D eigenvalue weighted by Crippen LogP contribution is -2.46. The summed E-state index contributed by atoms with van der Waals surface area (Å²) in [5.74, 6) is 6.83. The minimum Gasteiger partial charge on any atom is -0.380 e. The molecule has 1 heteroatoms. The quantitative estimate of drug-likeness (QED) is 0.472. The summed E-state index contributed by atoms with van der Waals surface area (Å²) in [4.78, 5) is 0. The van der Waals surface area contributed by atoms with E-state index in [1.165, 1.54) is 0 Å². The predicted octanol–water partition coefficient (Wildman–Crippen LogP) is 1.05. The average molecular weight is 122 g/mol. The van der Waals surface area contributed by atoms with Crippen molar-refractivity contribution in [1.29, 1.82) is 0 Å². The molecule has 1 unspecified atom stereocenters. The second kappa shape index (κ2) is 1.52. The maximum absolute atomic E-state index is 5.13. The number of rotatable bonds is 1. The molecule has 1 atom stereocenters. The molecule has 0 radical (unpaired) electrons. The number of hydrogen-bond acceptors (Lipinski definition) is 1. The van der Waals surface area contributed by atoms with Crippen LogP contribution in [-0.4, -0.2) is 13.2 Å². The van der Waals surface area contributed by atoms with Crippen LogP contribution in [0.2, 0.25) is 0 Å². The minimum absolute atomic E-state index is 0.422. The largest absolute Gasteiger partial charge is 0.380 e. The molecule has 0 aromatic heterocycles. The molecule has 0 saturated carbocycles. The molecule has 1 heterocycles. The van der Waals surface area contributed by atoms with Gasteiger partial charge in [0.05, 0.1) is 13.2 Å². The maximum Gasteiger partial charge on any atom is 0.0554 e. The fourth-order valence-corrected chi connectivity index (χ4v) is 1.25. The van der Waals surface area contributed by atoms with Crippen LogP contribution in [0.15, 0.2) is 0 Å². The molecule has 0 aromatic rings. The van der Waals surface area contributed by atoms with Crippen molar-refractivity contribution in [1.82, 2.24) is 0 Å². The molecular weight excluding hydrogens is 112 g/mol. The molecule has 1 aliphatic carbocycles. The van der Waals surface area contributed by atoms with Crippen molar-refractivity contribution >= 4 is 0 Å². The van der Waals surface area contributed by atoms with E-state index in [1.807, 2.05) is 0 Å². The third-order valence-corrected chi connectivity index (χ3v) is 2.29. The first-order chi connectivity index (χ1) is 4.31. The lowest BCUT2D eigenvalue weighted by atomic mass is 9.71. The van der Waals surface area contributed by atoms with Crippen LogP contribution in [0.4, 0.5) is 0 Å². The lowest BCUT2D eigenvalue weighted by Gasteiger charge is -2.43. The van der Waals surface area contributed by atoms with Gasteiger partial charge in [-0.15, -0.1) is 5.92 Å². The molecule has 0 spiro atoms. The van der Waals surface area contributed by atoms with Gasteiger partial charge in [-0.2, -0.15) is 0 Å². The van der Waals surface area contributed by atoms with Crippen LogP contribution in [0.25, 0.3) is 0 Å². The first-order valence-electron chi connectivity index (χ1n) is 3.37. The Morgan fingerprint density at radius 1 is 1.56 bits per heavy atom. The fraction of sp³-hybridized carbons (Fsp3) is 0.750. The van der Waals surface area contributed by atoms with Gasteiger partial charge < -0.3 is 4.74 Å². The van der Waals surface area contributed by atoms with E-state index in [0.717, 1.165) is 19.6 Å². The summed E-state index contributed by atoms with van der Waals surface area (Å²) in [6.07, 6.45) is 1.10. The van der Waals surface area contributed by atoms with Gasteiger partial charge in [0.15, 0.2) is 0 Å². The van der Waals surface area contributed by atoms with Crippen LogP contribution in [0, 0.1) is 23.2 Å². The highest BCUT2D eigenvalue weighted by Crippen LogP contribution is 2.39. The second-order valence-electron chi connectivity index (χ2n) is 3.22. The normalized spacial score (nSPS) is 35.4. The van der Waals surface area contributed by atoms with E-state index in [2.05, 4.69) is 18.8 Å². The highest BCUT2D eigenvalue weighted by Gasteiger charge is 2.41. The first-order valence-corrected chi connectivity index (χ1v) is 3.37. The molecular formula is C8H10O. The zero-order chi connectivity index (χ0) is 6.32. The molecule has 0 bridgehead atoms. The molecule has 2 aliphatic rings. The topological polar surface area (TPSA) is 9.23 Å². The summed E-state index contributed by atoms with van der Waals surface area (Å²) in [6.45, 7) is 4.10. The maximum atomic E-state index is 5.13. The van der Waals surface area contributed by atoms with Gasteiger partial charge in [0.25, 0.3) is 0 Å². The fourth-order valence-electron chi connectivity index (χ4n) is 1.25. The Morgan fingerprint density at radius 3 is 2.33 bits per heavy atom. The second-order valence-corrected chi connectivity index (χ2v) is 3.22. The summed E-state index contributed by atoms with van der Waals surface area (Å²) in [7, 11) is 0. The van der Waals surface area contributed by atoms with Crippen molar-refractivity contribution in [2.45, 2.75) is 13.3 Å². The molecule has 0 amide bonds. The van der Waals surface area contributed by atoms with Gasteiger partial charge in [-0.1, -0.05) is 12.8 Å². The Hall–Kier alpha value is -0.480. The molecule has 1 nitrogen and oxygen atoms in total. The van der Waals surface area contributed by atoms with E-state index in [0.29, 0.717) is 11.3 Å². The molecule has 48 valence electrons. The molecule has 9 heavy (non-hydrogen) atoms. The number of hydrogen-bond donors (Lipinski definition) is 0. The van der Waals surface area contributed by atoms with E-state index in [4.69, 9.17) is 4.74 Å². The smallest absolute Gasteiger partial charge is 0.0554 e. The lowest BCUT2D eigenvalue weighted by molar-refractivity contribution is -0.123. The molecule has 0 N–H and O–H groups in total. The average Bonchev–Trinajstić information content (AvgIpc) is 1.56. The van der Waals surface area contributed by atoms with Crippen molar-refractivity contribution < 1.29 is 4.74 Å². The van der Waals surface area contributed by atoms with E-state index < -0.39 is 0 Å². The van der Waals surface area contributed by atoms with Crippen LogP contribution in [0.5, 0.6) is 0 Å². The third-order valence-electron chi connectivity index (χ3n) is 2.29. The van der Waals surface area contributed by atoms with Crippen molar-refractivity contribution in [3.63, 3.8) is 0 Å². The zero-order valence-corrected chi connectivity index (χ0v) is 5.61. The standard InChI is InChI=1S/C8H10O/c1-8(5-9-6-8)7-3-2-4-7/h7H,3,5-6H2,1H3. The van der Waals surface area contributed by atoms with Crippen molar-refractivity contribution in [3.8, 4) is 11.8 Å². The Bertz CT molecular complexity index is 180. The van der Waals surface area contributed by atoms with Crippen LogP contribution < -0.4 is 0 Å². The summed E-state index contributed by atoms with van der Waals surface area (Å²) in [5.41, 5.74) is 0.422. The van der Waals surface area contributed by atoms with Gasteiger partial charge in [0, 0.05) is 17.8 Å². The summed E-state index contributed by atoms with van der Waals surface area (Å²) >= 11 is 0. The van der Waals surface area contributed by atoms with Crippen LogP contribution in [-0.2, 0) is 4.74 Å². The predicted molar refractivity (Wildman–Crippen MR) is 34.8 cm³/mol. The van der Waals surface area contributed by atoms with Crippen LogP contribution in [0.3, 0.4) is 0 Å². The van der Waals surface area contributed by atoms with Crippen LogP contribution >= 0.6 is 0 Å². The van der Waals surface area contributed by atoms with Crippen molar-refractivity contribution in [2.24, 2.45) is 11.3 Å². The summed E-state index contributed by atoms with van der Waals surface area (Å²) in [6, 6.07) is 0. The van der Waals surface area contributed by atoms with E-state index in [1.54, 1.807) is 0 Å². The Labute approximate surface area is 55.4 Å². The first kappa shape index (κ1) is 5.32. The van der Waals surface area contributed by atoms with Gasteiger partial charge in [-0.25, -0.2) is 0 Å². The highest BCUT2D eigenvalue weighted by molar-refractivity contribution is 5.21. The molecule has 2 rings (SSSR count). The zero-order valence-electron chi connectivity index (χ0n) is 5.61. The van der Waals surface area contributed by atoms with Gasteiger partial charge >= 0.3 is 0 Å². The van der Waals surface area contributed by atoms with E-state index in [-0.39, 0.29) is 0 Å². The van der Waals surface area contributed by atoms with E-state index >= 15 is 0 Å². The highest BCUT2D eigenvalue weighted by atomic mass is 16.5. The molecule has 0 aromatic carbocycles. The van der Waals surface area contributed by atoms with Crippen molar-refractivity contribution in [3.05, 3.63) is 0 Å². The molecule has 1 aliphatic heterocycles. The van der Waals surface area contributed by atoms with Gasteiger partial charge in [-0.05, 0) is 0 Å². The van der Waals surface area contributed by atoms with Gasteiger partial charge in [0.2, 0.25) is 0 Å². The summed E-state index contributed by atoms with van der Waals surface area (Å²) < 4.78 is 5.13. The van der Waals surface area contributed by atoms with Gasteiger partial charge in [-0.3, -0.25) is 0 Å². The molecule has 1 fully saturated rings. The SMILES string of the molecule is CC1(C2C#CC2)COC1. The Balaban J connectivity index is 2.06. The summed E-state index contributed by atoms with van der Waals surface area (Å²) in [5, 5.41) is 0. The monoisotopic (exact) mass is 122 g/mol.